The van der Waals surface area contributed by atoms with Crippen LogP contribution in [0.15, 0.2) is 0 Å². The number of nitrogens with one attached hydrogen (secondary N) is 2. The van der Waals surface area contributed by atoms with Crippen molar-refractivity contribution in [2.75, 3.05) is 6.54 Å². The van der Waals surface area contributed by atoms with E-state index in [0.717, 1.165) is 0 Å². The van der Waals surface area contributed by atoms with Crippen molar-refractivity contribution in [3.63, 3.8) is 0 Å². The number of amides is 2. The summed E-state index contributed by atoms with van der Waals surface area (Å²) in [6.45, 7) is 1.67. The minimum Gasteiger partial charge on any atom is -0.481 e. The zero-order valence-corrected chi connectivity index (χ0v) is 14.0. The molecule has 0 fully saturated rings. The second kappa shape index (κ2) is 11.3. The summed E-state index contributed by atoms with van der Waals surface area (Å²) in [4.78, 5) is 45.9. The Kier molecular flexibility index (Phi) is 10.3. The van der Waals surface area contributed by atoms with Crippen LogP contribution in [0.5, 0.6) is 0 Å². The third kappa shape index (κ3) is 8.98. The molecule has 0 aromatic rings. The second-order valence-electron chi connectivity index (χ2n) is 5.61. The number of carboxylic acid groups (broad SMARTS) is 2. The van der Waals surface area contributed by atoms with E-state index in [4.69, 9.17) is 21.7 Å². The van der Waals surface area contributed by atoms with E-state index in [-0.39, 0.29) is 6.42 Å². The summed E-state index contributed by atoms with van der Waals surface area (Å²) in [6, 6.07) is -4.03. The van der Waals surface area contributed by atoms with Gasteiger partial charge in [0.2, 0.25) is 11.8 Å². The summed E-state index contributed by atoms with van der Waals surface area (Å²) in [5.41, 5.74) is 10.9. The van der Waals surface area contributed by atoms with Gasteiger partial charge >= 0.3 is 11.9 Å². The summed E-state index contributed by atoms with van der Waals surface area (Å²) in [5, 5.41) is 31.4. The normalized spacial score (nSPS) is 15.5. The van der Waals surface area contributed by atoms with Crippen LogP contribution in [0, 0.1) is 0 Å². The Morgan fingerprint density at radius 2 is 1.56 bits per heavy atom. The van der Waals surface area contributed by atoms with Crippen molar-refractivity contribution in [1.82, 2.24) is 10.6 Å². The first-order valence-corrected chi connectivity index (χ1v) is 7.79. The summed E-state index contributed by atoms with van der Waals surface area (Å²) >= 11 is 0. The minimum absolute atomic E-state index is 0.153. The largest absolute Gasteiger partial charge is 0.481 e. The molecule has 0 spiro atoms. The number of nitrogens with two attached hydrogens (primary N) is 2. The first-order chi connectivity index (χ1) is 11.6. The fourth-order valence-electron chi connectivity index (χ4n) is 1.90. The molecule has 0 aliphatic rings. The molecule has 4 unspecified atom stereocenters. The fraction of sp³-hybridized carbons (Fsp3) is 0.714. The van der Waals surface area contributed by atoms with Crippen LogP contribution < -0.4 is 22.1 Å². The van der Waals surface area contributed by atoms with Crippen molar-refractivity contribution in [1.29, 1.82) is 0 Å². The first kappa shape index (κ1) is 22.8. The van der Waals surface area contributed by atoms with Gasteiger partial charge in [-0.1, -0.05) is 0 Å². The minimum atomic E-state index is -1.63. The SMILES string of the molecule is CC(O)C(N)C(=O)NC(CCCCN)C(=O)NC(CC(=O)O)C(=O)O. The topological polar surface area (TPSA) is 205 Å². The average Bonchev–Trinajstić information content (AvgIpc) is 2.51. The molecule has 0 aromatic heterocycles. The Hall–Kier alpha value is -2.24. The van der Waals surface area contributed by atoms with Crippen molar-refractivity contribution < 1.29 is 34.5 Å². The van der Waals surface area contributed by atoms with Crippen molar-refractivity contribution in [3.05, 3.63) is 0 Å². The molecule has 0 aliphatic carbocycles. The van der Waals surface area contributed by atoms with Gasteiger partial charge in [0.05, 0.1) is 12.5 Å². The van der Waals surface area contributed by atoms with E-state index in [1.165, 1.54) is 6.92 Å². The molecule has 0 rings (SSSR count). The Morgan fingerprint density at radius 1 is 1.00 bits per heavy atom. The number of hydrogen-bond acceptors (Lipinski definition) is 7. The van der Waals surface area contributed by atoms with E-state index in [2.05, 4.69) is 10.6 Å². The molecular weight excluding hydrogens is 336 g/mol. The van der Waals surface area contributed by atoms with Gasteiger partial charge in [0.1, 0.15) is 18.1 Å². The van der Waals surface area contributed by atoms with E-state index in [0.29, 0.717) is 19.4 Å². The third-order valence-corrected chi connectivity index (χ3v) is 3.40. The number of aliphatic carboxylic acids is 2. The molecule has 11 heteroatoms. The van der Waals surface area contributed by atoms with Gasteiger partial charge in [-0.3, -0.25) is 14.4 Å². The van der Waals surface area contributed by atoms with Crippen molar-refractivity contribution >= 4 is 23.8 Å². The van der Waals surface area contributed by atoms with E-state index in [1.54, 1.807) is 0 Å². The smallest absolute Gasteiger partial charge is 0.326 e. The van der Waals surface area contributed by atoms with Crippen molar-refractivity contribution in [2.45, 2.75) is 56.8 Å². The molecule has 25 heavy (non-hydrogen) atoms. The zero-order chi connectivity index (χ0) is 19.6. The van der Waals surface area contributed by atoms with E-state index in [9.17, 15) is 24.3 Å². The maximum atomic E-state index is 12.2. The molecule has 0 saturated heterocycles. The predicted molar refractivity (Wildman–Crippen MR) is 86.3 cm³/mol. The lowest BCUT2D eigenvalue weighted by Gasteiger charge is -2.23. The number of unbranched alkanes of at least 4 members (excludes halogenated alkanes) is 1. The van der Waals surface area contributed by atoms with Crippen LogP contribution >= 0.6 is 0 Å². The monoisotopic (exact) mass is 362 g/mol. The van der Waals surface area contributed by atoms with Gasteiger partial charge in [-0.15, -0.1) is 0 Å². The zero-order valence-electron chi connectivity index (χ0n) is 14.0. The Bertz CT molecular complexity index is 484. The van der Waals surface area contributed by atoms with Crippen molar-refractivity contribution in [2.24, 2.45) is 11.5 Å². The van der Waals surface area contributed by atoms with Gasteiger partial charge in [-0.2, -0.15) is 0 Å². The molecule has 0 radical (unpaired) electrons. The quantitative estimate of drug-likeness (QED) is 0.181. The number of carbonyl (C=O) groups excluding carboxylic acids is 2. The molecule has 11 nitrogen and oxygen atoms in total. The number of carboxylic acids is 2. The Balaban J connectivity index is 5.04. The van der Waals surface area contributed by atoms with Crippen LogP contribution in [-0.2, 0) is 19.2 Å². The molecular formula is C14H26N4O7. The second-order valence-corrected chi connectivity index (χ2v) is 5.61. The molecule has 0 aliphatic heterocycles. The lowest BCUT2D eigenvalue weighted by Crippen LogP contribution is -2.56. The summed E-state index contributed by atoms with van der Waals surface area (Å²) < 4.78 is 0. The van der Waals surface area contributed by atoms with Crippen LogP contribution in [0.3, 0.4) is 0 Å². The van der Waals surface area contributed by atoms with Gasteiger partial charge in [-0.25, -0.2) is 4.79 Å². The standard InChI is InChI=1S/C14H26N4O7/c1-7(19)11(16)13(23)17-8(4-2-3-5-15)12(22)18-9(14(24)25)6-10(20)21/h7-9,11,19H,2-6,15-16H2,1H3,(H,17,23)(H,18,22)(H,20,21)(H,24,25). The highest BCUT2D eigenvalue weighted by Gasteiger charge is 2.29. The lowest BCUT2D eigenvalue weighted by atomic mass is 10.1. The molecule has 0 aromatic carbocycles. The Morgan fingerprint density at radius 3 is 2.00 bits per heavy atom. The van der Waals surface area contributed by atoms with Gasteiger partial charge in [0.15, 0.2) is 0 Å². The summed E-state index contributed by atoms with van der Waals surface area (Å²) in [6.07, 6.45) is -0.764. The van der Waals surface area contributed by atoms with Crippen LogP contribution in [-0.4, -0.2) is 69.8 Å². The molecule has 9 N–H and O–H groups in total. The van der Waals surface area contributed by atoms with Crippen LogP contribution in [0.4, 0.5) is 0 Å². The van der Waals surface area contributed by atoms with Crippen molar-refractivity contribution in [3.8, 4) is 0 Å². The van der Waals surface area contributed by atoms with E-state index < -0.39 is 54.4 Å². The predicted octanol–water partition coefficient (Wildman–Crippen LogP) is -2.65. The molecule has 0 bridgehead atoms. The third-order valence-electron chi connectivity index (χ3n) is 3.40. The highest BCUT2D eigenvalue weighted by Crippen LogP contribution is 2.04. The highest BCUT2D eigenvalue weighted by atomic mass is 16.4. The Labute approximate surface area is 144 Å². The van der Waals surface area contributed by atoms with Crippen LogP contribution in [0.25, 0.3) is 0 Å². The molecule has 4 atom stereocenters. The molecule has 0 saturated carbocycles. The first-order valence-electron chi connectivity index (χ1n) is 7.79. The van der Waals surface area contributed by atoms with Crippen LogP contribution in [0.2, 0.25) is 0 Å². The number of carbonyl (C=O) groups is 4. The highest BCUT2D eigenvalue weighted by molar-refractivity contribution is 5.92. The summed E-state index contributed by atoms with van der Waals surface area (Å²) in [7, 11) is 0. The number of rotatable bonds is 12. The maximum absolute atomic E-state index is 12.2. The number of aliphatic hydroxyl groups excluding tert-OH is 1. The fourth-order valence-corrected chi connectivity index (χ4v) is 1.90. The molecule has 0 heterocycles. The lowest BCUT2D eigenvalue weighted by molar-refractivity contribution is -0.147. The van der Waals surface area contributed by atoms with Gasteiger partial charge in [-0.05, 0) is 32.7 Å². The number of aliphatic hydroxyl groups is 1. The number of hydrogen-bond donors (Lipinski definition) is 7. The molecule has 144 valence electrons. The van der Waals surface area contributed by atoms with Gasteiger partial charge in [0.25, 0.3) is 0 Å². The maximum Gasteiger partial charge on any atom is 0.326 e. The summed E-state index contributed by atoms with van der Waals surface area (Å²) in [5.74, 6) is -4.54. The average molecular weight is 362 g/mol. The van der Waals surface area contributed by atoms with Gasteiger partial charge in [0, 0.05) is 0 Å². The van der Waals surface area contributed by atoms with E-state index >= 15 is 0 Å². The van der Waals surface area contributed by atoms with Crippen LogP contribution in [0.1, 0.15) is 32.6 Å². The van der Waals surface area contributed by atoms with Gasteiger partial charge < -0.3 is 37.4 Å². The van der Waals surface area contributed by atoms with E-state index in [1.807, 2.05) is 0 Å². The molecule has 2 amide bonds.